The number of rotatable bonds is 2. The highest BCUT2D eigenvalue weighted by atomic mass is 32.1. The average Bonchev–Trinajstić information content (AvgIpc) is 3.38. The van der Waals surface area contributed by atoms with Crippen LogP contribution in [0.15, 0.2) is 42.5 Å². The second kappa shape index (κ2) is 5.85. The molecule has 0 saturated carbocycles. The topological polar surface area (TPSA) is 42.4 Å². The van der Waals surface area contributed by atoms with Gasteiger partial charge in [0, 0.05) is 25.4 Å². The highest BCUT2D eigenvalue weighted by Gasteiger charge is 2.30. The predicted octanol–water partition coefficient (Wildman–Crippen LogP) is 3.86. The molecule has 1 fully saturated rings. The van der Waals surface area contributed by atoms with E-state index in [2.05, 4.69) is 23.2 Å². The fourth-order valence-electron chi connectivity index (χ4n) is 3.78. The van der Waals surface area contributed by atoms with Gasteiger partial charge in [-0.3, -0.25) is 4.79 Å². The Balaban J connectivity index is 1.35. The van der Waals surface area contributed by atoms with E-state index in [1.165, 1.54) is 22.5 Å². The van der Waals surface area contributed by atoms with Gasteiger partial charge in [0.05, 0.1) is 16.8 Å². The van der Waals surface area contributed by atoms with Crippen LogP contribution in [0.4, 0.5) is 0 Å². The van der Waals surface area contributed by atoms with E-state index in [0.717, 1.165) is 48.5 Å². The molecule has 0 radical (unpaired) electrons. The molecule has 1 saturated heterocycles. The average molecular weight is 350 g/mol. The predicted molar refractivity (Wildman–Crippen MR) is 98.5 cm³/mol. The molecule has 5 heteroatoms. The van der Waals surface area contributed by atoms with Crippen LogP contribution < -0.4 is 4.74 Å². The third kappa shape index (κ3) is 2.59. The van der Waals surface area contributed by atoms with Crippen molar-refractivity contribution in [3.8, 4) is 5.75 Å². The molecule has 2 aliphatic heterocycles. The zero-order valence-electron chi connectivity index (χ0n) is 13.8. The number of nitrogens with zero attached hydrogens (tertiary/aromatic N) is 2. The van der Waals surface area contributed by atoms with E-state index in [4.69, 9.17) is 4.74 Å². The van der Waals surface area contributed by atoms with Gasteiger partial charge in [0.1, 0.15) is 5.75 Å². The minimum absolute atomic E-state index is 0.0631. The van der Waals surface area contributed by atoms with Gasteiger partial charge in [0.15, 0.2) is 5.01 Å². The van der Waals surface area contributed by atoms with Gasteiger partial charge in [0.2, 0.25) is 0 Å². The Morgan fingerprint density at radius 1 is 1.24 bits per heavy atom. The number of hydrogen-bond acceptors (Lipinski definition) is 4. The van der Waals surface area contributed by atoms with Crippen molar-refractivity contribution in [3.05, 3.63) is 58.6 Å². The lowest BCUT2D eigenvalue weighted by Crippen LogP contribution is -2.28. The number of aromatic nitrogens is 1. The number of fused-ring (bicyclic) bond motifs is 2. The van der Waals surface area contributed by atoms with Gasteiger partial charge in [0.25, 0.3) is 5.91 Å². The Labute approximate surface area is 150 Å². The first-order valence-electron chi connectivity index (χ1n) is 8.68. The summed E-state index contributed by atoms with van der Waals surface area (Å²) < 4.78 is 6.66. The van der Waals surface area contributed by atoms with Gasteiger partial charge >= 0.3 is 0 Å². The number of amides is 1. The van der Waals surface area contributed by atoms with E-state index in [0.29, 0.717) is 10.9 Å². The summed E-state index contributed by atoms with van der Waals surface area (Å²) in [5.74, 6) is 1.49. The smallest absolute Gasteiger partial charge is 0.282 e. The Bertz CT molecular complexity index is 932. The fourth-order valence-corrected chi connectivity index (χ4v) is 4.71. The van der Waals surface area contributed by atoms with Gasteiger partial charge in [-0.15, -0.1) is 11.3 Å². The van der Waals surface area contributed by atoms with E-state index in [9.17, 15) is 4.79 Å². The Kier molecular flexibility index (Phi) is 3.48. The molecule has 0 bridgehead atoms. The van der Waals surface area contributed by atoms with E-state index >= 15 is 0 Å². The number of benzene rings is 2. The van der Waals surface area contributed by atoms with Crippen LogP contribution in [0.25, 0.3) is 10.2 Å². The highest BCUT2D eigenvalue weighted by Crippen LogP contribution is 2.34. The summed E-state index contributed by atoms with van der Waals surface area (Å²) in [6.07, 6.45) is 2.00. The summed E-state index contributed by atoms with van der Waals surface area (Å²) in [4.78, 5) is 19.3. The van der Waals surface area contributed by atoms with Crippen molar-refractivity contribution in [3.63, 3.8) is 0 Å². The summed E-state index contributed by atoms with van der Waals surface area (Å²) in [5, 5.41) is 0.601. The monoisotopic (exact) mass is 350 g/mol. The molecular weight excluding hydrogens is 332 g/mol. The van der Waals surface area contributed by atoms with Crippen LogP contribution in [0.2, 0.25) is 0 Å². The lowest BCUT2D eigenvalue weighted by molar-refractivity contribution is 0.0790. The van der Waals surface area contributed by atoms with Crippen LogP contribution in [-0.4, -0.2) is 35.5 Å². The zero-order chi connectivity index (χ0) is 16.8. The van der Waals surface area contributed by atoms with Crippen LogP contribution in [0.1, 0.15) is 33.3 Å². The molecule has 0 spiro atoms. The SMILES string of the molecule is O=C(c1nc2ccccc2s1)N1CCC(c2ccc3c(c2)CCO3)C1. The number of ether oxygens (including phenoxy) is 1. The molecular formula is C20H18N2O2S. The zero-order valence-corrected chi connectivity index (χ0v) is 14.6. The second-order valence-corrected chi connectivity index (χ2v) is 7.72. The number of hydrogen-bond donors (Lipinski definition) is 0. The first-order chi connectivity index (χ1) is 12.3. The van der Waals surface area contributed by atoms with Crippen LogP contribution in [0, 0.1) is 0 Å². The van der Waals surface area contributed by atoms with Gasteiger partial charge in [-0.05, 0) is 35.7 Å². The third-order valence-corrected chi connectivity index (χ3v) is 6.16. The fraction of sp³-hybridized carbons (Fsp3) is 0.300. The maximum Gasteiger partial charge on any atom is 0.282 e. The number of carbonyl (C=O) groups is 1. The third-order valence-electron chi connectivity index (χ3n) is 5.14. The molecule has 25 heavy (non-hydrogen) atoms. The van der Waals surface area contributed by atoms with Crippen molar-refractivity contribution in [2.24, 2.45) is 0 Å². The van der Waals surface area contributed by atoms with Crippen LogP contribution in [0.3, 0.4) is 0 Å². The largest absolute Gasteiger partial charge is 0.493 e. The van der Waals surface area contributed by atoms with Crippen molar-refractivity contribution in [1.29, 1.82) is 0 Å². The highest BCUT2D eigenvalue weighted by molar-refractivity contribution is 7.20. The molecule has 5 rings (SSSR count). The Morgan fingerprint density at radius 2 is 2.16 bits per heavy atom. The first-order valence-corrected chi connectivity index (χ1v) is 9.50. The summed E-state index contributed by atoms with van der Waals surface area (Å²) in [6, 6.07) is 14.4. The summed E-state index contributed by atoms with van der Waals surface area (Å²) in [5.41, 5.74) is 3.53. The van der Waals surface area contributed by atoms with Crippen LogP contribution >= 0.6 is 11.3 Å². The van der Waals surface area contributed by atoms with Gasteiger partial charge in [-0.2, -0.15) is 0 Å². The van der Waals surface area contributed by atoms with Crippen molar-refractivity contribution < 1.29 is 9.53 Å². The quantitative estimate of drug-likeness (QED) is 0.705. The summed E-state index contributed by atoms with van der Waals surface area (Å²) >= 11 is 1.49. The van der Waals surface area contributed by atoms with E-state index in [1.54, 1.807) is 0 Å². The molecule has 4 nitrogen and oxygen atoms in total. The lowest BCUT2D eigenvalue weighted by atomic mass is 9.96. The molecule has 0 aliphatic carbocycles. The molecule has 1 unspecified atom stereocenters. The molecule has 2 aliphatic rings. The minimum Gasteiger partial charge on any atom is -0.493 e. The number of likely N-dealkylation sites (tertiary alicyclic amines) is 1. The lowest BCUT2D eigenvalue weighted by Gasteiger charge is -2.15. The molecule has 3 aromatic rings. The van der Waals surface area contributed by atoms with Crippen molar-refractivity contribution in [2.45, 2.75) is 18.8 Å². The first kappa shape index (κ1) is 14.9. The van der Waals surface area contributed by atoms with Crippen molar-refractivity contribution >= 4 is 27.5 Å². The number of para-hydroxylation sites is 1. The molecule has 1 amide bonds. The van der Waals surface area contributed by atoms with E-state index in [1.807, 2.05) is 29.2 Å². The Hall–Kier alpha value is -2.40. The standard InChI is InChI=1S/C20H18N2O2S/c23-20(19-21-16-3-1-2-4-18(16)25-19)22-9-7-15(12-22)13-5-6-17-14(11-13)8-10-24-17/h1-6,11,15H,7-10,12H2. The molecule has 2 aromatic carbocycles. The molecule has 126 valence electrons. The van der Waals surface area contributed by atoms with Crippen molar-refractivity contribution in [1.82, 2.24) is 9.88 Å². The van der Waals surface area contributed by atoms with E-state index < -0.39 is 0 Å². The van der Waals surface area contributed by atoms with Gasteiger partial charge < -0.3 is 9.64 Å². The molecule has 1 atom stereocenters. The van der Waals surface area contributed by atoms with E-state index in [-0.39, 0.29) is 5.91 Å². The maximum absolute atomic E-state index is 12.8. The minimum atomic E-state index is 0.0631. The Morgan fingerprint density at radius 3 is 3.08 bits per heavy atom. The van der Waals surface area contributed by atoms with Gasteiger partial charge in [-0.1, -0.05) is 24.3 Å². The molecule has 1 aromatic heterocycles. The normalized spacial score (nSPS) is 19.2. The van der Waals surface area contributed by atoms with Crippen LogP contribution in [0.5, 0.6) is 5.75 Å². The summed E-state index contributed by atoms with van der Waals surface area (Å²) in [7, 11) is 0. The number of carbonyl (C=O) groups excluding carboxylic acids is 1. The molecule has 0 N–H and O–H groups in total. The van der Waals surface area contributed by atoms with Crippen molar-refractivity contribution in [2.75, 3.05) is 19.7 Å². The number of thiazole rings is 1. The molecule has 3 heterocycles. The maximum atomic E-state index is 12.8. The second-order valence-electron chi connectivity index (χ2n) is 6.69. The van der Waals surface area contributed by atoms with Crippen LogP contribution in [-0.2, 0) is 6.42 Å². The summed E-state index contributed by atoms with van der Waals surface area (Å²) in [6.45, 7) is 2.35. The van der Waals surface area contributed by atoms with Gasteiger partial charge in [-0.25, -0.2) is 4.98 Å².